The summed E-state index contributed by atoms with van der Waals surface area (Å²) in [4.78, 5) is 11.2. The molecule has 0 radical (unpaired) electrons. The minimum Gasteiger partial charge on any atom is -0.346 e. The van der Waals surface area contributed by atoms with Crippen LogP contribution in [-0.2, 0) is 9.47 Å². The van der Waals surface area contributed by atoms with E-state index in [1.807, 2.05) is 0 Å². The van der Waals surface area contributed by atoms with Crippen LogP contribution >= 0.6 is 15.9 Å². The molecule has 0 amide bonds. The summed E-state index contributed by atoms with van der Waals surface area (Å²) in [7, 11) is 0. The predicted octanol–water partition coefficient (Wildman–Crippen LogP) is 2.84. The molecule has 1 aliphatic heterocycles. The first kappa shape index (κ1) is 11.7. The van der Waals surface area contributed by atoms with Gasteiger partial charge in [0, 0.05) is 10.0 Å². The van der Waals surface area contributed by atoms with E-state index in [9.17, 15) is 9.18 Å². The zero-order valence-corrected chi connectivity index (χ0v) is 10.2. The van der Waals surface area contributed by atoms with Crippen molar-refractivity contribution in [2.45, 2.75) is 13.2 Å². The maximum Gasteiger partial charge on any atom is 0.186 e. The van der Waals surface area contributed by atoms with E-state index in [1.165, 1.54) is 13.0 Å². The van der Waals surface area contributed by atoms with Gasteiger partial charge in [-0.15, -0.1) is 0 Å². The van der Waals surface area contributed by atoms with Crippen LogP contribution < -0.4 is 0 Å². The fourth-order valence-corrected chi connectivity index (χ4v) is 2.05. The first-order valence-electron chi connectivity index (χ1n) is 4.82. The second-order valence-electron chi connectivity index (χ2n) is 3.49. The number of benzene rings is 1. The van der Waals surface area contributed by atoms with Gasteiger partial charge in [-0.3, -0.25) is 4.79 Å². The number of carbonyl (C=O) groups is 1. The van der Waals surface area contributed by atoms with E-state index >= 15 is 0 Å². The molecule has 1 heterocycles. The molecular weight excluding hydrogens is 279 g/mol. The summed E-state index contributed by atoms with van der Waals surface area (Å²) in [5.41, 5.74) is 0.306. The molecule has 1 saturated heterocycles. The van der Waals surface area contributed by atoms with Gasteiger partial charge >= 0.3 is 0 Å². The number of hydrogen-bond donors (Lipinski definition) is 0. The van der Waals surface area contributed by atoms with Gasteiger partial charge in [0.2, 0.25) is 0 Å². The lowest BCUT2D eigenvalue weighted by molar-refractivity contribution is -0.0465. The zero-order valence-electron chi connectivity index (χ0n) is 8.63. The summed E-state index contributed by atoms with van der Waals surface area (Å²) in [6, 6.07) is 3.02. The Labute approximate surface area is 101 Å². The van der Waals surface area contributed by atoms with Gasteiger partial charge in [0.05, 0.1) is 18.8 Å². The van der Waals surface area contributed by atoms with Crippen LogP contribution in [0.25, 0.3) is 0 Å². The van der Waals surface area contributed by atoms with Gasteiger partial charge in [0.25, 0.3) is 0 Å². The van der Waals surface area contributed by atoms with Crippen molar-refractivity contribution in [1.82, 2.24) is 0 Å². The summed E-state index contributed by atoms with van der Waals surface area (Å²) < 4.78 is 25.0. The lowest BCUT2D eigenvalue weighted by atomic mass is 10.1. The van der Waals surface area contributed by atoms with Crippen LogP contribution in [0.3, 0.4) is 0 Å². The van der Waals surface area contributed by atoms with Crippen LogP contribution in [0, 0.1) is 5.82 Å². The molecule has 16 heavy (non-hydrogen) atoms. The summed E-state index contributed by atoms with van der Waals surface area (Å²) in [5, 5.41) is 0. The monoisotopic (exact) mass is 288 g/mol. The number of ketones is 1. The van der Waals surface area contributed by atoms with Crippen molar-refractivity contribution in [1.29, 1.82) is 0 Å². The Hall–Kier alpha value is -0.780. The van der Waals surface area contributed by atoms with Gasteiger partial charge in [-0.1, -0.05) is 15.9 Å². The Morgan fingerprint density at radius 1 is 1.44 bits per heavy atom. The molecule has 1 aromatic carbocycles. The molecule has 86 valence electrons. The molecule has 1 fully saturated rings. The molecule has 3 nitrogen and oxygen atoms in total. The Bertz CT molecular complexity index is 427. The van der Waals surface area contributed by atoms with Gasteiger partial charge in [-0.2, -0.15) is 0 Å². The van der Waals surface area contributed by atoms with Crippen LogP contribution in [0.4, 0.5) is 4.39 Å². The van der Waals surface area contributed by atoms with Crippen molar-refractivity contribution < 1.29 is 18.7 Å². The summed E-state index contributed by atoms with van der Waals surface area (Å²) >= 11 is 3.23. The number of halogens is 2. The van der Waals surface area contributed by atoms with Gasteiger partial charge in [-0.05, 0) is 19.1 Å². The van der Waals surface area contributed by atoms with Crippen LogP contribution in [0.5, 0.6) is 0 Å². The Kier molecular flexibility index (Phi) is 3.37. The fourth-order valence-electron chi connectivity index (χ4n) is 1.58. The van der Waals surface area contributed by atoms with Gasteiger partial charge in [0.1, 0.15) is 5.82 Å². The second kappa shape index (κ2) is 4.61. The minimum atomic E-state index is -0.712. The molecule has 0 atom stereocenters. The number of hydrogen-bond acceptors (Lipinski definition) is 3. The van der Waals surface area contributed by atoms with E-state index in [2.05, 4.69) is 15.9 Å². The van der Waals surface area contributed by atoms with Crippen molar-refractivity contribution in [2.24, 2.45) is 0 Å². The summed E-state index contributed by atoms with van der Waals surface area (Å²) in [6.45, 7) is 2.20. The highest BCUT2D eigenvalue weighted by Gasteiger charge is 2.25. The quantitative estimate of drug-likeness (QED) is 0.785. The highest BCUT2D eigenvalue weighted by Crippen LogP contribution is 2.30. The third kappa shape index (κ3) is 2.16. The first-order chi connectivity index (χ1) is 7.59. The molecule has 5 heteroatoms. The van der Waals surface area contributed by atoms with Gasteiger partial charge < -0.3 is 9.47 Å². The lowest BCUT2D eigenvalue weighted by Gasteiger charge is -2.12. The van der Waals surface area contributed by atoms with Crippen LogP contribution in [0.1, 0.15) is 29.1 Å². The van der Waals surface area contributed by atoms with Crippen LogP contribution in [-0.4, -0.2) is 19.0 Å². The first-order valence-corrected chi connectivity index (χ1v) is 5.62. The maximum absolute atomic E-state index is 14.0. The molecule has 0 bridgehead atoms. The third-order valence-electron chi connectivity index (χ3n) is 2.32. The predicted molar refractivity (Wildman–Crippen MR) is 58.7 cm³/mol. The molecule has 0 spiro atoms. The molecule has 0 aromatic heterocycles. The Morgan fingerprint density at radius 3 is 2.62 bits per heavy atom. The molecule has 2 rings (SSSR count). The van der Waals surface area contributed by atoms with Crippen molar-refractivity contribution >= 4 is 21.7 Å². The van der Waals surface area contributed by atoms with E-state index in [-0.39, 0.29) is 16.9 Å². The van der Waals surface area contributed by atoms with Crippen molar-refractivity contribution in [2.75, 3.05) is 13.2 Å². The maximum atomic E-state index is 14.0. The number of carbonyl (C=O) groups excluding carboxylic acids is 1. The normalized spacial score (nSPS) is 16.7. The van der Waals surface area contributed by atoms with Crippen LogP contribution in [0.2, 0.25) is 0 Å². The second-order valence-corrected chi connectivity index (χ2v) is 4.40. The molecule has 1 aliphatic rings. The fraction of sp³-hybridized carbons (Fsp3) is 0.364. The third-order valence-corrected chi connectivity index (χ3v) is 2.78. The summed E-state index contributed by atoms with van der Waals surface area (Å²) in [5.74, 6) is -0.888. The molecule has 0 N–H and O–H groups in total. The van der Waals surface area contributed by atoms with Gasteiger partial charge in [-0.25, -0.2) is 4.39 Å². The zero-order chi connectivity index (χ0) is 11.7. The number of ether oxygens (including phenoxy) is 2. The number of rotatable bonds is 2. The molecular formula is C11H10BrFO3. The molecule has 0 aliphatic carbocycles. The van der Waals surface area contributed by atoms with E-state index in [0.29, 0.717) is 17.7 Å². The highest BCUT2D eigenvalue weighted by molar-refractivity contribution is 9.10. The molecule has 0 unspecified atom stereocenters. The topological polar surface area (TPSA) is 35.5 Å². The molecule has 1 aromatic rings. The highest BCUT2D eigenvalue weighted by atomic mass is 79.9. The standard InChI is InChI=1S/C11H10BrFO3/c1-6(14)8-4-7(12)5-9(10(8)13)11-15-2-3-16-11/h4-5,11H,2-3H2,1H3. The SMILES string of the molecule is CC(=O)c1cc(Br)cc(C2OCCO2)c1F. The van der Waals surface area contributed by atoms with E-state index < -0.39 is 12.1 Å². The largest absolute Gasteiger partial charge is 0.346 e. The Balaban J connectivity index is 2.47. The van der Waals surface area contributed by atoms with Gasteiger partial charge in [0.15, 0.2) is 12.1 Å². The minimum absolute atomic E-state index is 0.0449. The van der Waals surface area contributed by atoms with E-state index in [4.69, 9.17) is 9.47 Å². The summed E-state index contributed by atoms with van der Waals surface area (Å²) in [6.07, 6.45) is -0.712. The Morgan fingerprint density at radius 2 is 2.06 bits per heavy atom. The smallest absolute Gasteiger partial charge is 0.186 e. The van der Waals surface area contributed by atoms with E-state index in [1.54, 1.807) is 6.07 Å². The number of Topliss-reactive ketones (excluding diaryl/α,β-unsaturated/α-hetero) is 1. The van der Waals surface area contributed by atoms with Crippen molar-refractivity contribution in [3.8, 4) is 0 Å². The van der Waals surface area contributed by atoms with Crippen molar-refractivity contribution in [3.05, 3.63) is 33.5 Å². The van der Waals surface area contributed by atoms with Crippen molar-refractivity contribution in [3.63, 3.8) is 0 Å². The average Bonchev–Trinajstić information content (AvgIpc) is 2.73. The molecule has 0 saturated carbocycles. The lowest BCUT2D eigenvalue weighted by Crippen LogP contribution is -2.07. The average molecular weight is 289 g/mol. The van der Waals surface area contributed by atoms with Crippen LogP contribution in [0.15, 0.2) is 16.6 Å². The van der Waals surface area contributed by atoms with E-state index in [0.717, 1.165) is 0 Å².